The fourth-order valence-corrected chi connectivity index (χ4v) is 3.25. The average Bonchev–Trinajstić information content (AvgIpc) is 2.72. The van der Waals surface area contributed by atoms with Crippen molar-refractivity contribution in [1.29, 1.82) is 0 Å². The summed E-state index contributed by atoms with van der Waals surface area (Å²) in [5.74, 6) is 0. The summed E-state index contributed by atoms with van der Waals surface area (Å²) in [5, 5.41) is 1.04. The van der Waals surface area contributed by atoms with E-state index in [0.29, 0.717) is 0 Å². The lowest BCUT2D eigenvalue weighted by atomic mass is 10.2. The van der Waals surface area contributed by atoms with Gasteiger partial charge < -0.3 is 0 Å². The van der Waals surface area contributed by atoms with Gasteiger partial charge in [-0.25, -0.2) is 4.98 Å². The Hall–Kier alpha value is -1.32. The number of aryl methyl sites for hydroxylation is 1. The van der Waals surface area contributed by atoms with E-state index in [1.165, 1.54) is 10.3 Å². The standard InChI is InChI=1S/C14H11NS2/c1-9-6-7-11-13(8-9)17-14(15-11)10-4-2-3-5-12(10)16/h2-8,16H,1H3. The lowest BCUT2D eigenvalue weighted by Crippen LogP contribution is -1.77. The van der Waals surface area contributed by atoms with Gasteiger partial charge in [0.15, 0.2) is 0 Å². The zero-order valence-corrected chi connectivity index (χ0v) is 11.1. The van der Waals surface area contributed by atoms with Crippen molar-refractivity contribution in [2.45, 2.75) is 11.8 Å². The van der Waals surface area contributed by atoms with Crippen LogP contribution >= 0.6 is 24.0 Å². The molecule has 0 saturated heterocycles. The third-order valence-electron chi connectivity index (χ3n) is 2.68. The molecule has 0 radical (unpaired) electrons. The molecule has 0 aliphatic carbocycles. The van der Waals surface area contributed by atoms with Crippen molar-refractivity contribution >= 4 is 34.2 Å². The lowest BCUT2D eigenvalue weighted by molar-refractivity contribution is 1.40. The molecule has 3 rings (SSSR count). The quantitative estimate of drug-likeness (QED) is 0.630. The van der Waals surface area contributed by atoms with Gasteiger partial charge in [0.05, 0.1) is 10.2 Å². The van der Waals surface area contributed by atoms with E-state index in [-0.39, 0.29) is 0 Å². The van der Waals surface area contributed by atoms with E-state index in [0.717, 1.165) is 21.0 Å². The van der Waals surface area contributed by atoms with E-state index in [4.69, 9.17) is 0 Å². The summed E-state index contributed by atoms with van der Waals surface area (Å²) >= 11 is 6.20. The van der Waals surface area contributed by atoms with Crippen LogP contribution in [0.2, 0.25) is 0 Å². The molecule has 84 valence electrons. The number of thiazole rings is 1. The van der Waals surface area contributed by atoms with Crippen molar-refractivity contribution in [2.24, 2.45) is 0 Å². The second kappa shape index (κ2) is 4.17. The molecule has 0 atom stereocenters. The maximum Gasteiger partial charge on any atom is 0.125 e. The van der Waals surface area contributed by atoms with Gasteiger partial charge in [-0.1, -0.05) is 24.3 Å². The van der Waals surface area contributed by atoms with Gasteiger partial charge in [-0.15, -0.1) is 24.0 Å². The van der Waals surface area contributed by atoms with Gasteiger partial charge in [0, 0.05) is 10.5 Å². The van der Waals surface area contributed by atoms with Crippen molar-refractivity contribution in [3.63, 3.8) is 0 Å². The van der Waals surface area contributed by atoms with Crippen LogP contribution in [0.3, 0.4) is 0 Å². The molecule has 3 aromatic rings. The Morgan fingerprint density at radius 3 is 2.76 bits per heavy atom. The van der Waals surface area contributed by atoms with Gasteiger partial charge in [-0.05, 0) is 30.7 Å². The zero-order chi connectivity index (χ0) is 11.8. The van der Waals surface area contributed by atoms with Gasteiger partial charge in [-0.3, -0.25) is 0 Å². The molecular formula is C14H11NS2. The highest BCUT2D eigenvalue weighted by atomic mass is 32.1. The highest BCUT2D eigenvalue weighted by molar-refractivity contribution is 7.80. The minimum Gasteiger partial charge on any atom is -0.236 e. The van der Waals surface area contributed by atoms with E-state index in [1.54, 1.807) is 11.3 Å². The monoisotopic (exact) mass is 257 g/mol. The van der Waals surface area contributed by atoms with Crippen LogP contribution in [0.25, 0.3) is 20.8 Å². The number of thiol groups is 1. The molecule has 0 fully saturated rings. The number of hydrogen-bond donors (Lipinski definition) is 1. The maximum absolute atomic E-state index is 4.65. The van der Waals surface area contributed by atoms with Crippen LogP contribution < -0.4 is 0 Å². The van der Waals surface area contributed by atoms with Crippen LogP contribution in [-0.2, 0) is 0 Å². The third kappa shape index (κ3) is 1.96. The molecule has 1 aromatic heterocycles. The van der Waals surface area contributed by atoms with Gasteiger partial charge in [-0.2, -0.15) is 0 Å². The summed E-state index contributed by atoms with van der Waals surface area (Å²) in [6, 6.07) is 14.4. The van der Waals surface area contributed by atoms with Crippen LogP contribution in [0.1, 0.15) is 5.56 Å². The molecule has 1 heterocycles. The molecule has 2 aromatic carbocycles. The molecule has 0 aliphatic heterocycles. The molecule has 0 aliphatic rings. The number of hydrogen-bond acceptors (Lipinski definition) is 3. The second-order valence-corrected chi connectivity index (χ2v) is 5.52. The molecule has 0 amide bonds. The Morgan fingerprint density at radius 2 is 1.94 bits per heavy atom. The first kappa shape index (κ1) is 10.8. The number of rotatable bonds is 1. The zero-order valence-electron chi connectivity index (χ0n) is 9.34. The van der Waals surface area contributed by atoms with Gasteiger partial charge >= 0.3 is 0 Å². The topological polar surface area (TPSA) is 12.9 Å². The van der Waals surface area contributed by atoms with Crippen molar-refractivity contribution in [2.75, 3.05) is 0 Å². The van der Waals surface area contributed by atoms with Crippen molar-refractivity contribution in [3.8, 4) is 10.6 Å². The van der Waals surface area contributed by atoms with Crippen LogP contribution in [0, 0.1) is 6.92 Å². The molecule has 0 saturated carbocycles. The minimum absolute atomic E-state index is 0.975. The number of nitrogens with zero attached hydrogens (tertiary/aromatic N) is 1. The van der Waals surface area contributed by atoms with Gasteiger partial charge in [0.25, 0.3) is 0 Å². The molecule has 3 heteroatoms. The molecule has 17 heavy (non-hydrogen) atoms. The average molecular weight is 257 g/mol. The molecule has 0 N–H and O–H groups in total. The van der Waals surface area contributed by atoms with Crippen LogP contribution in [0.15, 0.2) is 47.4 Å². The summed E-state index contributed by atoms with van der Waals surface area (Å²) in [5.41, 5.74) is 3.44. The summed E-state index contributed by atoms with van der Waals surface area (Å²) in [6.07, 6.45) is 0. The minimum atomic E-state index is 0.975. The van der Waals surface area contributed by atoms with Crippen molar-refractivity contribution in [1.82, 2.24) is 4.98 Å². The molecule has 1 nitrogen and oxygen atoms in total. The van der Waals surface area contributed by atoms with Crippen molar-refractivity contribution < 1.29 is 0 Å². The number of benzene rings is 2. The normalized spacial score (nSPS) is 10.9. The first-order valence-corrected chi connectivity index (χ1v) is 6.66. The van der Waals surface area contributed by atoms with Crippen LogP contribution in [-0.4, -0.2) is 4.98 Å². The first-order chi connectivity index (χ1) is 8.24. The Morgan fingerprint density at radius 1 is 1.12 bits per heavy atom. The van der Waals surface area contributed by atoms with Crippen molar-refractivity contribution in [3.05, 3.63) is 48.0 Å². The van der Waals surface area contributed by atoms with Crippen LogP contribution in [0.5, 0.6) is 0 Å². The van der Waals surface area contributed by atoms with E-state index in [2.05, 4.69) is 48.8 Å². The lowest BCUT2D eigenvalue weighted by Gasteiger charge is -1.98. The largest absolute Gasteiger partial charge is 0.236 e. The van der Waals surface area contributed by atoms with Gasteiger partial charge in [0.1, 0.15) is 5.01 Å². The fraction of sp³-hybridized carbons (Fsp3) is 0.0714. The molecule has 0 bridgehead atoms. The Bertz CT molecular complexity index is 686. The predicted octanol–water partition coefficient (Wildman–Crippen LogP) is 4.56. The van der Waals surface area contributed by atoms with E-state index in [9.17, 15) is 0 Å². The third-order valence-corrected chi connectivity index (χ3v) is 4.12. The fourth-order valence-electron chi connectivity index (χ4n) is 1.80. The highest BCUT2D eigenvalue weighted by Crippen LogP contribution is 2.33. The first-order valence-electron chi connectivity index (χ1n) is 5.39. The predicted molar refractivity (Wildman–Crippen MR) is 77.0 cm³/mol. The number of aromatic nitrogens is 1. The summed E-state index contributed by atoms with van der Waals surface area (Å²) in [4.78, 5) is 5.63. The van der Waals surface area contributed by atoms with Crippen LogP contribution in [0.4, 0.5) is 0 Å². The summed E-state index contributed by atoms with van der Waals surface area (Å²) < 4.78 is 1.23. The SMILES string of the molecule is Cc1ccc2nc(-c3ccccc3S)sc2c1. The molecule has 0 unspecified atom stereocenters. The van der Waals surface area contributed by atoms with Gasteiger partial charge in [0.2, 0.25) is 0 Å². The van der Waals surface area contributed by atoms with E-state index in [1.807, 2.05) is 18.2 Å². The molecular weight excluding hydrogens is 246 g/mol. The smallest absolute Gasteiger partial charge is 0.125 e. The van der Waals surface area contributed by atoms with E-state index >= 15 is 0 Å². The Balaban J connectivity index is 2.22. The maximum atomic E-state index is 4.65. The molecule has 0 spiro atoms. The Labute approximate surface area is 110 Å². The summed E-state index contributed by atoms with van der Waals surface area (Å²) in [7, 11) is 0. The highest BCUT2D eigenvalue weighted by Gasteiger charge is 2.08. The van der Waals surface area contributed by atoms with E-state index < -0.39 is 0 Å². The summed E-state index contributed by atoms with van der Waals surface area (Å²) in [6.45, 7) is 2.10. The Kier molecular flexibility index (Phi) is 2.65. The second-order valence-electron chi connectivity index (χ2n) is 4.01. The number of fused-ring (bicyclic) bond motifs is 1.